The molecule has 4 rings (SSSR count). The normalized spacial score (nSPS) is 37.2. The molecular formula is C16H28N2O11S2. The largest absolute Gasteiger partial charge is 0.372 e. The predicted molar refractivity (Wildman–Crippen MR) is 111 cm³/mol. The van der Waals surface area contributed by atoms with Crippen LogP contribution in [0, 0.1) is 20.2 Å². The lowest BCUT2D eigenvalue weighted by Crippen LogP contribution is -2.33. The molecule has 13 nitrogen and oxygen atoms in total. The minimum atomic E-state index is -0.842. The van der Waals surface area contributed by atoms with E-state index in [-0.39, 0.29) is 62.0 Å². The van der Waals surface area contributed by atoms with E-state index in [1.165, 1.54) is 6.92 Å². The Morgan fingerprint density at radius 2 is 1.32 bits per heavy atom. The number of rotatable bonds is 5. The van der Waals surface area contributed by atoms with Crippen molar-refractivity contribution in [2.45, 2.75) is 68.9 Å². The highest BCUT2D eigenvalue weighted by molar-refractivity contribution is 8.14. The Balaban J connectivity index is 0.000000296. The summed E-state index contributed by atoms with van der Waals surface area (Å²) in [5, 5.41) is 18.5. The maximum atomic E-state index is 11.0. The first-order valence-corrected chi connectivity index (χ1v) is 10.1. The lowest BCUT2D eigenvalue weighted by Gasteiger charge is -2.14. The van der Waals surface area contributed by atoms with Crippen LogP contribution >= 0.6 is 24.4 Å². The summed E-state index contributed by atoms with van der Waals surface area (Å²) in [7, 11) is 0. The molecule has 0 spiro atoms. The van der Waals surface area contributed by atoms with Crippen molar-refractivity contribution in [3.05, 3.63) is 20.2 Å². The smallest absolute Gasteiger partial charge is 0.294 e. The number of thioether (sulfide) groups is 1. The summed E-state index contributed by atoms with van der Waals surface area (Å²) in [6.07, 6.45) is -2.53. The van der Waals surface area contributed by atoms with Crippen molar-refractivity contribution in [3.63, 3.8) is 0 Å². The highest BCUT2D eigenvalue weighted by atomic mass is 32.2. The van der Waals surface area contributed by atoms with E-state index in [0.717, 1.165) is 11.8 Å². The van der Waals surface area contributed by atoms with Gasteiger partial charge in [0, 0.05) is 6.92 Å². The van der Waals surface area contributed by atoms with Crippen LogP contribution < -0.4 is 0 Å². The van der Waals surface area contributed by atoms with Crippen molar-refractivity contribution in [1.29, 1.82) is 0 Å². The molecule has 4 fully saturated rings. The Morgan fingerprint density at radius 1 is 0.871 bits per heavy atom. The first-order valence-electron chi connectivity index (χ1n) is 8.70. The van der Waals surface area contributed by atoms with Crippen LogP contribution in [0.3, 0.4) is 0 Å². The topological polar surface area (TPSA) is 159 Å². The second-order valence-electron chi connectivity index (χ2n) is 6.64. The number of thiol groups is 1. The molecule has 0 bridgehead atoms. The molecule has 0 saturated carbocycles. The molecule has 4 aliphatic rings. The van der Waals surface area contributed by atoms with E-state index < -0.39 is 28.5 Å². The molecule has 0 unspecified atom stereocenters. The summed E-state index contributed by atoms with van der Waals surface area (Å²) in [6, 6.07) is 0. The van der Waals surface area contributed by atoms with Crippen LogP contribution in [0.5, 0.6) is 0 Å². The van der Waals surface area contributed by atoms with Gasteiger partial charge in [0.1, 0.15) is 18.3 Å². The van der Waals surface area contributed by atoms with Crippen LogP contribution in [0.15, 0.2) is 0 Å². The van der Waals surface area contributed by atoms with Crippen molar-refractivity contribution in [2.75, 3.05) is 26.4 Å². The maximum absolute atomic E-state index is 11.0. The van der Waals surface area contributed by atoms with Gasteiger partial charge in [-0.3, -0.25) is 4.79 Å². The predicted octanol–water partition coefficient (Wildman–Crippen LogP) is 0.941. The van der Waals surface area contributed by atoms with Crippen molar-refractivity contribution in [2.24, 2.45) is 0 Å². The van der Waals surface area contributed by atoms with Gasteiger partial charge in [0.05, 0.1) is 43.0 Å². The van der Waals surface area contributed by atoms with Gasteiger partial charge in [-0.15, -0.1) is 20.2 Å². The molecule has 4 saturated heterocycles. The standard InChI is InChI=1S/C8H11NO6S.C6H9NO5S.2CH4/c1-4(10)16-6-3-14-7-5(15-9(11)12)2-13-8(6)7;8-7(9)12-3-1-10-6-4(13)2-11-5(3)6;;/h5-8H,2-3H2,1H3;3-6,13H,1-2H2;2*1H4/t5-,6+,7-,8-;3-,4+,5-,6-;;/m11../s1. The van der Waals surface area contributed by atoms with E-state index in [9.17, 15) is 25.0 Å². The highest BCUT2D eigenvalue weighted by Crippen LogP contribution is 2.35. The zero-order valence-electron chi connectivity index (χ0n) is 15.2. The van der Waals surface area contributed by atoms with Gasteiger partial charge >= 0.3 is 0 Å². The number of nitrogens with zero attached hydrogens (tertiary/aromatic N) is 2. The van der Waals surface area contributed by atoms with Crippen LogP contribution in [0.25, 0.3) is 0 Å². The van der Waals surface area contributed by atoms with Crippen molar-refractivity contribution >= 4 is 29.5 Å². The maximum Gasteiger partial charge on any atom is 0.294 e. The number of carbonyl (C=O) groups excluding carboxylic acids is 1. The molecule has 0 amide bonds. The molecule has 15 heteroatoms. The molecule has 31 heavy (non-hydrogen) atoms. The number of fused-ring (bicyclic) bond motifs is 2. The minimum absolute atomic E-state index is 0. The zero-order chi connectivity index (χ0) is 21.1. The fraction of sp³-hybridized carbons (Fsp3) is 0.938. The van der Waals surface area contributed by atoms with Crippen LogP contribution in [0.2, 0.25) is 0 Å². The second-order valence-corrected chi connectivity index (χ2v) is 8.72. The Kier molecular flexibility index (Phi) is 10.7. The Hall–Kier alpha value is -1.39. The van der Waals surface area contributed by atoms with E-state index >= 15 is 0 Å². The first-order chi connectivity index (χ1) is 13.8. The average Bonchev–Trinajstić information content (AvgIpc) is 3.36. The summed E-state index contributed by atoms with van der Waals surface area (Å²) < 4.78 is 21.3. The lowest BCUT2D eigenvalue weighted by molar-refractivity contribution is -0.769. The molecule has 0 radical (unpaired) electrons. The van der Waals surface area contributed by atoms with Gasteiger partial charge in [-0.05, 0) is 0 Å². The summed E-state index contributed by atoms with van der Waals surface area (Å²) in [5.41, 5.74) is 0. The fourth-order valence-electron chi connectivity index (χ4n) is 3.59. The quantitative estimate of drug-likeness (QED) is 0.332. The molecule has 0 aliphatic carbocycles. The van der Waals surface area contributed by atoms with Gasteiger partial charge in [-0.25, -0.2) is 0 Å². The van der Waals surface area contributed by atoms with Crippen LogP contribution in [-0.4, -0.2) is 88.8 Å². The van der Waals surface area contributed by atoms with Crippen LogP contribution in [0.1, 0.15) is 21.8 Å². The third-order valence-electron chi connectivity index (χ3n) is 4.70. The molecule has 4 heterocycles. The Bertz CT molecular complexity index is 613. The summed E-state index contributed by atoms with van der Waals surface area (Å²) in [5.74, 6) is 0. The number of hydrogen-bond acceptors (Lipinski definition) is 13. The van der Waals surface area contributed by atoms with Gasteiger partial charge < -0.3 is 28.6 Å². The Labute approximate surface area is 189 Å². The molecule has 0 aromatic rings. The Morgan fingerprint density at radius 3 is 1.84 bits per heavy atom. The van der Waals surface area contributed by atoms with Crippen LogP contribution in [0.4, 0.5) is 0 Å². The molecule has 180 valence electrons. The van der Waals surface area contributed by atoms with Crippen molar-refractivity contribution in [1.82, 2.24) is 0 Å². The number of hydrogen-bond donors (Lipinski definition) is 1. The monoisotopic (exact) mass is 488 g/mol. The van der Waals surface area contributed by atoms with E-state index in [2.05, 4.69) is 22.3 Å². The molecular weight excluding hydrogens is 460 g/mol. The van der Waals surface area contributed by atoms with Crippen molar-refractivity contribution < 1.29 is 43.6 Å². The van der Waals surface area contributed by atoms with E-state index in [1.54, 1.807) is 0 Å². The fourth-order valence-corrected chi connectivity index (χ4v) is 4.87. The molecule has 0 N–H and O–H groups in total. The van der Waals surface area contributed by atoms with Crippen LogP contribution in [-0.2, 0) is 33.4 Å². The molecule has 0 aromatic heterocycles. The zero-order valence-corrected chi connectivity index (χ0v) is 16.9. The summed E-state index contributed by atoms with van der Waals surface area (Å²) >= 11 is 5.37. The van der Waals surface area contributed by atoms with Gasteiger partial charge in [0.15, 0.2) is 17.3 Å². The average molecular weight is 489 g/mol. The van der Waals surface area contributed by atoms with Gasteiger partial charge in [-0.2, -0.15) is 12.6 Å². The van der Waals surface area contributed by atoms with E-state index in [1.807, 2.05) is 0 Å². The highest BCUT2D eigenvalue weighted by Gasteiger charge is 2.50. The van der Waals surface area contributed by atoms with Gasteiger partial charge in [0.25, 0.3) is 10.2 Å². The molecule has 0 aromatic carbocycles. The van der Waals surface area contributed by atoms with Gasteiger partial charge in [0.2, 0.25) is 0 Å². The second kappa shape index (κ2) is 12.0. The summed E-state index contributed by atoms with van der Waals surface area (Å²) in [6.45, 7) is 2.61. The van der Waals surface area contributed by atoms with E-state index in [4.69, 9.17) is 18.9 Å². The van der Waals surface area contributed by atoms with Crippen molar-refractivity contribution in [3.8, 4) is 0 Å². The first kappa shape index (κ1) is 27.6. The number of ether oxygens (including phenoxy) is 4. The lowest BCUT2D eigenvalue weighted by atomic mass is 10.1. The minimum Gasteiger partial charge on any atom is -0.372 e. The SMILES string of the molecule is C.C.CC(=O)S[C@H]1CO[C@H]2[C@@H]1OC[C@H]2O[N+](=O)[O-].O=[N+]([O-])O[C@@H]1CO[C@H]2[C@@H]1OC[C@@H]2S. The number of carbonyl (C=O) groups is 1. The molecule has 8 atom stereocenters. The molecule has 4 aliphatic heterocycles. The van der Waals surface area contributed by atoms with Gasteiger partial charge in [-0.1, -0.05) is 26.6 Å². The third kappa shape index (κ3) is 6.79. The van der Waals surface area contributed by atoms with E-state index in [0.29, 0.717) is 13.2 Å². The summed E-state index contributed by atoms with van der Waals surface area (Å²) in [4.78, 5) is 40.1. The third-order valence-corrected chi connectivity index (χ3v) is 6.19.